The third-order valence-corrected chi connectivity index (χ3v) is 2.04. The maximum Gasteiger partial charge on any atom is 0.416 e. The minimum Gasteiger partial charge on any atom is -0.439 e. The van der Waals surface area contributed by atoms with Crippen LogP contribution in [-0.4, -0.2) is 4.98 Å². The van der Waals surface area contributed by atoms with E-state index in [0.29, 0.717) is 11.6 Å². The minimum absolute atomic E-state index is 0.316. The first-order chi connectivity index (χ1) is 8.05. The average Bonchev–Trinajstić information content (AvgIpc) is 2.30. The standard InChI is InChI=1S/C12H8F3NO/c13-12(14,15)9-4-6-10(7-5-9)17-11-3-1-2-8-16-11/h1-8H. The van der Waals surface area contributed by atoms with E-state index in [-0.39, 0.29) is 0 Å². The molecule has 0 radical (unpaired) electrons. The maximum atomic E-state index is 12.3. The summed E-state index contributed by atoms with van der Waals surface area (Å²) in [7, 11) is 0. The molecule has 1 heterocycles. The molecule has 0 spiro atoms. The van der Waals surface area contributed by atoms with Gasteiger partial charge in [-0.05, 0) is 30.3 Å². The van der Waals surface area contributed by atoms with Gasteiger partial charge in [0.05, 0.1) is 5.56 Å². The highest BCUT2D eigenvalue weighted by atomic mass is 19.4. The molecule has 1 aromatic carbocycles. The summed E-state index contributed by atoms with van der Waals surface area (Å²) in [6, 6.07) is 9.54. The first kappa shape index (κ1) is 11.4. The van der Waals surface area contributed by atoms with Crippen LogP contribution in [0.2, 0.25) is 0 Å². The Morgan fingerprint density at radius 2 is 1.65 bits per heavy atom. The van der Waals surface area contributed by atoms with Gasteiger partial charge in [0.25, 0.3) is 0 Å². The second kappa shape index (κ2) is 4.45. The van der Waals surface area contributed by atoms with Crippen molar-refractivity contribution in [2.24, 2.45) is 0 Å². The quantitative estimate of drug-likeness (QED) is 0.793. The summed E-state index contributed by atoms with van der Waals surface area (Å²) in [5.74, 6) is 0.656. The van der Waals surface area contributed by atoms with Crippen molar-refractivity contribution in [1.82, 2.24) is 4.98 Å². The minimum atomic E-state index is -4.33. The van der Waals surface area contributed by atoms with Gasteiger partial charge >= 0.3 is 6.18 Å². The SMILES string of the molecule is FC(F)(F)c1ccc(Oc2ccccn2)cc1. The van der Waals surface area contributed by atoms with Crippen molar-refractivity contribution >= 4 is 0 Å². The Hall–Kier alpha value is -2.04. The first-order valence-corrected chi connectivity index (χ1v) is 4.82. The number of hydrogen-bond donors (Lipinski definition) is 0. The molecule has 0 bridgehead atoms. The molecule has 2 nitrogen and oxygen atoms in total. The van der Waals surface area contributed by atoms with Crippen molar-refractivity contribution < 1.29 is 17.9 Å². The van der Waals surface area contributed by atoms with Crippen LogP contribution < -0.4 is 4.74 Å². The molecule has 0 unspecified atom stereocenters. The van der Waals surface area contributed by atoms with Crippen molar-refractivity contribution in [3.8, 4) is 11.6 Å². The summed E-state index contributed by atoms with van der Waals surface area (Å²) >= 11 is 0. The number of hydrogen-bond acceptors (Lipinski definition) is 2. The van der Waals surface area contributed by atoms with Crippen molar-refractivity contribution in [2.45, 2.75) is 6.18 Å². The molecule has 88 valence electrons. The molecule has 0 aliphatic rings. The van der Waals surface area contributed by atoms with Crippen LogP contribution in [0.5, 0.6) is 11.6 Å². The number of rotatable bonds is 2. The van der Waals surface area contributed by atoms with Gasteiger partial charge in [-0.25, -0.2) is 4.98 Å². The lowest BCUT2D eigenvalue weighted by molar-refractivity contribution is -0.137. The summed E-state index contributed by atoms with van der Waals surface area (Å²) < 4.78 is 42.1. The van der Waals surface area contributed by atoms with E-state index in [1.54, 1.807) is 24.4 Å². The molecule has 17 heavy (non-hydrogen) atoms. The molecule has 0 N–H and O–H groups in total. The molecular formula is C12H8F3NO. The number of benzene rings is 1. The molecule has 2 rings (SSSR count). The van der Waals surface area contributed by atoms with Crippen molar-refractivity contribution in [3.05, 3.63) is 54.2 Å². The third-order valence-electron chi connectivity index (χ3n) is 2.04. The summed E-state index contributed by atoms with van der Waals surface area (Å²) in [6.45, 7) is 0. The Bertz CT molecular complexity index is 479. The van der Waals surface area contributed by atoms with Crippen LogP contribution in [-0.2, 0) is 6.18 Å². The molecule has 5 heteroatoms. The summed E-state index contributed by atoms with van der Waals surface area (Å²) in [5, 5.41) is 0. The van der Waals surface area contributed by atoms with Crippen LogP contribution in [0, 0.1) is 0 Å². The molecule has 1 aromatic heterocycles. The number of halogens is 3. The van der Waals surface area contributed by atoms with Crippen LogP contribution in [0.1, 0.15) is 5.56 Å². The monoisotopic (exact) mass is 239 g/mol. The number of nitrogens with zero attached hydrogens (tertiary/aromatic N) is 1. The van der Waals surface area contributed by atoms with Crippen LogP contribution in [0.3, 0.4) is 0 Å². The highest BCUT2D eigenvalue weighted by Gasteiger charge is 2.30. The van der Waals surface area contributed by atoms with E-state index >= 15 is 0 Å². The number of aromatic nitrogens is 1. The predicted molar refractivity (Wildman–Crippen MR) is 55.8 cm³/mol. The van der Waals surface area contributed by atoms with Gasteiger partial charge in [-0.15, -0.1) is 0 Å². The second-order valence-electron chi connectivity index (χ2n) is 3.29. The van der Waals surface area contributed by atoms with Gasteiger partial charge in [-0.1, -0.05) is 6.07 Å². The molecule has 0 atom stereocenters. The van der Waals surface area contributed by atoms with E-state index in [1.807, 2.05) is 0 Å². The van der Waals surface area contributed by atoms with Gasteiger partial charge in [-0.3, -0.25) is 0 Å². The van der Waals surface area contributed by atoms with Crippen molar-refractivity contribution in [3.63, 3.8) is 0 Å². The molecule has 0 saturated heterocycles. The highest BCUT2D eigenvalue weighted by molar-refractivity contribution is 5.31. The van der Waals surface area contributed by atoms with Gasteiger partial charge < -0.3 is 4.74 Å². The van der Waals surface area contributed by atoms with Crippen LogP contribution >= 0.6 is 0 Å². The van der Waals surface area contributed by atoms with Gasteiger partial charge in [0.15, 0.2) is 0 Å². The largest absolute Gasteiger partial charge is 0.439 e. The Kier molecular flexibility index (Phi) is 2.99. The van der Waals surface area contributed by atoms with E-state index < -0.39 is 11.7 Å². The van der Waals surface area contributed by atoms with E-state index in [2.05, 4.69) is 4.98 Å². The zero-order chi connectivity index (χ0) is 12.3. The Morgan fingerprint density at radius 3 is 2.18 bits per heavy atom. The lowest BCUT2D eigenvalue weighted by Crippen LogP contribution is -2.04. The Morgan fingerprint density at radius 1 is 0.941 bits per heavy atom. The van der Waals surface area contributed by atoms with Gasteiger partial charge in [-0.2, -0.15) is 13.2 Å². The lowest BCUT2D eigenvalue weighted by atomic mass is 10.2. The zero-order valence-corrected chi connectivity index (χ0v) is 8.61. The van der Waals surface area contributed by atoms with Crippen LogP contribution in [0.4, 0.5) is 13.2 Å². The highest BCUT2D eigenvalue weighted by Crippen LogP contribution is 2.30. The predicted octanol–water partition coefficient (Wildman–Crippen LogP) is 3.89. The number of ether oxygens (including phenoxy) is 1. The number of pyridine rings is 1. The Labute approximate surface area is 95.7 Å². The molecular weight excluding hydrogens is 231 g/mol. The fourth-order valence-corrected chi connectivity index (χ4v) is 1.24. The zero-order valence-electron chi connectivity index (χ0n) is 8.61. The third kappa shape index (κ3) is 2.96. The number of alkyl halides is 3. The average molecular weight is 239 g/mol. The fourth-order valence-electron chi connectivity index (χ4n) is 1.24. The molecule has 0 fully saturated rings. The second-order valence-corrected chi connectivity index (χ2v) is 3.29. The maximum absolute atomic E-state index is 12.3. The topological polar surface area (TPSA) is 22.1 Å². The van der Waals surface area contributed by atoms with E-state index in [0.717, 1.165) is 12.1 Å². The summed E-state index contributed by atoms with van der Waals surface area (Å²) in [5.41, 5.74) is -0.703. The van der Waals surface area contributed by atoms with E-state index in [4.69, 9.17) is 4.74 Å². The summed E-state index contributed by atoms with van der Waals surface area (Å²) in [4.78, 5) is 3.90. The van der Waals surface area contributed by atoms with Gasteiger partial charge in [0.1, 0.15) is 5.75 Å². The van der Waals surface area contributed by atoms with Crippen LogP contribution in [0.15, 0.2) is 48.7 Å². The van der Waals surface area contributed by atoms with E-state index in [9.17, 15) is 13.2 Å². The van der Waals surface area contributed by atoms with Crippen LogP contribution in [0.25, 0.3) is 0 Å². The Balaban J connectivity index is 2.14. The van der Waals surface area contributed by atoms with Gasteiger partial charge in [0.2, 0.25) is 5.88 Å². The molecule has 0 aliphatic heterocycles. The normalized spacial score (nSPS) is 11.2. The molecule has 0 saturated carbocycles. The lowest BCUT2D eigenvalue weighted by Gasteiger charge is -2.08. The van der Waals surface area contributed by atoms with E-state index in [1.165, 1.54) is 12.1 Å². The van der Waals surface area contributed by atoms with Crippen molar-refractivity contribution in [1.29, 1.82) is 0 Å². The van der Waals surface area contributed by atoms with Gasteiger partial charge in [0, 0.05) is 12.3 Å². The molecule has 0 amide bonds. The fraction of sp³-hybridized carbons (Fsp3) is 0.0833. The summed E-state index contributed by atoms with van der Waals surface area (Å²) in [6.07, 6.45) is -2.79. The molecule has 0 aliphatic carbocycles. The van der Waals surface area contributed by atoms with Crippen molar-refractivity contribution in [2.75, 3.05) is 0 Å². The molecule has 2 aromatic rings. The smallest absolute Gasteiger partial charge is 0.416 e. The first-order valence-electron chi connectivity index (χ1n) is 4.82.